The highest BCUT2D eigenvalue weighted by Crippen LogP contribution is 2.18. The molecule has 1 aliphatic heterocycles. The van der Waals surface area contributed by atoms with Crippen molar-refractivity contribution in [2.45, 2.75) is 13.8 Å². The topological polar surface area (TPSA) is 105 Å². The largest absolute Gasteiger partial charge is 0.460 e. The van der Waals surface area contributed by atoms with Crippen LogP contribution in [0.15, 0.2) is 48.6 Å². The Balaban J connectivity index is 0.000000302. The molecule has 0 saturated carbocycles. The minimum absolute atomic E-state index is 0.153. The number of rotatable bonds is 8. The standard InChI is InChI=1S/C12H18O5.C8H4O3/c1-9(2)11(13)16-7-5-15-6-8-17-12(14)10(3)4;9-7-5-3-1-2-4-6(5)8(10)11-7/h1,3,5-8H2,2,4H3;1-4H. The maximum Gasteiger partial charge on any atom is 0.346 e. The first-order valence-electron chi connectivity index (χ1n) is 8.32. The molecule has 0 aliphatic carbocycles. The Morgan fingerprint density at radius 1 is 0.821 bits per heavy atom. The summed E-state index contributed by atoms with van der Waals surface area (Å²) in [4.78, 5) is 43.5. The van der Waals surface area contributed by atoms with Gasteiger partial charge in [-0.2, -0.15) is 0 Å². The van der Waals surface area contributed by atoms with Gasteiger partial charge < -0.3 is 18.9 Å². The Labute approximate surface area is 162 Å². The minimum Gasteiger partial charge on any atom is -0.460 e. The predicted molar refractivity (Wildman–Crippen MR) is 98.6 cm³/mol. The minimum atomic E-state index is -0.550. The number of fused-ring (bicyclic) bond motifs is 1. The Morgan fingerprint density at radius 3 is 1.57 bits per heavy atom. The number of cyclic esters (lactones) is 2. The lowest BCUT2D eigenvalue weighted by atomic mass is 10.1. The van der Waals surface area contributed by atoms with Crippen LogP contribution in [-0.4, -0.2) is 50.3 Å². The highest BCUT2D eigenvalue weighted by molar-refractivity contribution is 6.14. The van der Waals surface area contributed by atoms with Crippen LogP contribution in [0.2, 0.25) is 0 Å². The second-order valence-corrected chi connectivity index (χ2v) is 5.67. The Hall–Kier alpha value is -3.26. The van der Waals surface area contributed by atoms with Crippen LogP contribution >= 0.6 is 0 Å². The van der Waals surface area contributed by atoms with Crippen molar-refractivity contribution in [2.75, 3.05) is 26.4 Å². The third-order valence-corrected chi connectivity index (χ3v) is 3.17. The van der Waals surface area contributed by atoms with E-state index >= 15 is 0 Å². The molecule has 0 fully saturated rings. The summed E-state index contributed by atoms with van der Waals surface area (Å²) in [6.45, 7) is 10.8. The van der Waals surface area contributed by atoms with Crippen LogP contribution in [0.1, 0.15) is 34.6 Å². The first-order valence-corrected chi connectivity index (χ1v) is 8.32. The van der Waals surface area contributed by atoms with Gasteiger partial charge in [0.25, 0.3) is 0 Å². The number of hydrogen-bond acceptors (Lipinski definition) is 8. The lowest BCUT2D eigenvalue weighted by Gasteiger charge is -2.06. The predicted octanol–water partition coefficient (Wildman–Crippen LogP) is 2.24. The summed E-state index contributed by atoms with van der Waals surface area (Å²) in [7, 11) is 0. The zero-order valence-corrected chi connectivity index (χ0v) is 15.8. The number of carbonyl (C=O) groups is 4. The van der Waals surface area contributed by atoms with Crippen LogP contribution in [0.5, 0.6) is 0 Å². The summed E-state index contributed by atoms with van der Waals surface area (Å²) in [6, 6.07) is 6.53. The van der Waals surface area contributed by atoms with E-state index in [1.807, 2.05) is 0 Å². The molecule has 0 atom stereocenters. The smallest absolute Gasteiger partial charge is 0.346 e. The molecule has 0 bridgehead atoms. The molecule has 0 unspecified atom stereocenters. The molecule has 28 heavy (non-hydrogen) atoms. The fourth-order valence-electron chi connectivity index (χ4n) is 1.77. The highest BCUT2D eigenvalue weighted by Gasteiger charge is 2.28. The second-order valence-electron chi connectivity index (χ2n) is 5.67. The number of benzene rings is 1. The summed E-state index contributed by atoms with van der Waals surface area (Å²) in [6.07, 6.45) is 0. The molecule has 1 aliphatic rings. The second kappa shape index (κ2) is 11.5. The summed E-state index contributed by atoms with van der Waals surface area (Å²) in [5.41, 5.74) is 1.41. The molecule has 8 heteroatoms. The maximum atomic E-state index is 10.9. The Morgan fingerprint density at radius 2 is 1.21 bits per heavy atom. The third kappa shape index (κ3) is 7.55. The summed E-state index contributed by atoms with van der Waals surface area (Å²) in [5, 5.41) is 0. The van der Waals surface area contributed by atoms with E-state index in [0.717, 1.165) is 0 Å². The molecule has 1 aromatic carbocycles. The van der Waals surface area contributed by atoms with Gasteiger partial charge in [0.1, 0.15) is 13.2 Å². The Bertz CT molecular complexity index is 715. The number of esters is 4. The van der Waals surface area contributed by atoms with Crippen molar-refractivity contribution in [3.8, 4) is 0 Å². The third-order valence-electron chi connectivity index (χ3n) is 3.17. The van der Waals surface area contributed by atoms with E-state index < -0.39 is 23.9 Å². The van der Waals surface area contributed by atoms with Gasteiger partial charge in [0.15, 0.2) is 0 Å². The number of hydrogen-bond donors (Lipinski definition) is 0. The summed E-state index contributed by atoms with van der Waals surface area (Å²) in [5.74, 6) is -1.99. The van der Waals surface area contributed by atoms with E-state index in [1.54, 1.807) is 38.1 Å². The fraction of sp³-hybridized carbons (Fsp3) is 0.300. The van der Waals surface area contributed by atoms with Gasteiger partial charge in [0.05, 0.1) is 24.3 Å². The molecule has 2 rings (SSSR count). The van der Waals surface area contributed by atoms with Gasteiger partial charge in [-0.25, -0.2) is 19.2 Å². The molecule has 0 saturated heterocycles. The van der Waals surface area contributed by atoms with Crippen molar-refractivity contribution >= 4 is 23.9 Å². The molecule has 150 valence electrons. The van der Waals surface area contributed by atoms with E-state index in [0.29, 0.717) is 22.3 Å². The number of ether oxygens (including phenoxy) is 4. The SMILES string of the molecule is C=C(C)C(=O)OCCOCCOC(=O)C(=C)C.O=C1OC(=O)c2ccccc21. The molecular formula is C20H22O8. The van der Waals surface area contributed by atoms with Crippen LogP contribution in [0.4, 0.5) is 0 Å². The lowest BCUT2D eigenvalue weighted by molar-refractivity contribution is -0.141. The monoisotopic (exact) mass is 390 g/mol. The van der Waals surface area contributed by atoms with Crippen molar-refractivity contribution in [1.29, 1.82) is 0 Å². The van der Waals surface area contributed by atoms with Crippen LogP contribution in [0, 0.1) is 0 Å². The first-order chi connectivity index (χ1) is 13.2. The Kier molecular flexibility index (Phi) is 9.32. The molecular weight excluding hydrogens is 368 g/mol. The van der Waals surface area contributed by atoms with Gasteiger partial charge in [-0.05, 0) is 26.0 Å². The van der Waals surface area contributed by atoms with Crippen molar-refractivity contribution in [1.82, 2.24) is 0 Å². The van der Waals surface area contributed by atoms with E-state index in [9.17, 15) is 19.2 Å². The van der Waals surface area contributed by atoms with E-state index in [1.165, 1.54) is 0 Å². The molecule has 0 spiro atoms. The lowest BCUT2D eigenvalue weighted by Crippen LogP contribution is -2.14. The average molecular weight is 390 g/mol. The van der Waals surface area contributed by atoms with Gasteiger partial charge in [-0.3, -0.25) is 0 Å². The fourth-order valence-corrected chi connectivity index (χ4v) is 1.77. The van der Waals surface area contributed by atoms with Crippen LogP contribution < -0.4 is 0 Å². The molecule has 0 amide bonds. The zero-order valence-electron chi connectivity index (χ0n) is 15.8. The molecule has 0 N–H and O–H groups in total. The van der Waals surface area contributed by atoms with Crippen LogP contribution in [0.25, 0.3) is 0 Å². The maximum absolute atomic E-state index is 10.9. The highest BCUT2D eigenvalue weighted by atomic mass is 16.6. The molecule has 1 heterocycles. The van der Waals surface area contributed by atoms with E-state index in [2.05, 4.69) is 17.9 Å². The van der Waals surface area contributed by atoms with Gasteiger partial charge >= 0.3 is 23.9 Å². The zero-order chi connectivity index (χ0) is 21.1. The quantitative estimate of drug-likeness (QED) is 0.219. The first kappa shape index (κ1) is 22.8. The van der Waals surface area contributed by atoms with Gasteiger partial charge in [-0.1, -0.05) is 25.3 Å². The van der Waals surface area contributed by atoms with Crippen molar-refractivity contribution in [3.63, 3.8) is 0 Å². The molecule has 0 radical (unpaired) electrons. The normalized spacial score (nSPS) is 11.5. The van der Waals surface area contributed by atoms with E-state index in [-0.39, 0.29) is 26.4 Å². The molecule has 8 nitrogen and oxygen atoms in total. The van der Waals surface area contributed by atoms with E-state index in [4.69, 9.17) is 14.2 Å². The average Bonchev–Trinajstić information content (AvgIpc) is 2.95. The number of carbonyl (C=O) groups excluding carboxylic acids is 4. The summed E-state index contributed by atoms with van der Waals surface area (Å²) < 4.78 is 19.0. The van der Waals surface area contributed by atoms with Crippen molar-refractivity contribution < 1.29 is 38.1 Å². The van der Waals surface area contributed by atoms with Crippen LogP contribution in [-0.2, 0) is 28.5 Å². The summed E-state index contributed by atoms with van der Waals surface area (Å²) >= 11 is 0. The van der Waals surface area contributed by atoms with Crippen LogP contribution in [0.3, 0.4) is 0 Å². The van der Waals surface area contributed by atoms with Gasteiger partial charge in [0.2, 0.25) is 0 Å². The van der Waals surface area contributed by atoms with Gasteiger partial charge in [-0.15, -0.1) is 0 Å². The molecule has 1 aromatic rings. The van der Waals surface area contributed by atoms with Crippen molar-refractivity contribution in [3.05, 3.63) is 59.7 Å². The van der Waals surface area contributed by atoms with Gasteiger partial charge in [0, 0.05) is 11.1 Å². The van der Waals surface area contributed by atoms with Crippen molar-refractivity contribution in [2.24, 2.45) is 0 Å². The molecule has 0 aromatic heterocycles.